The maximum absolute atomic E-state index is 12.6. The summed E-state index contributed by atoms with van der Waals surface area (Å²) in [6.45, 7) is 8.66. The molecule has 3 heteroatoms. The molecule has 0 aromatic heterocycles. The summed E-state index contributed by atoms with van der Waals surface area (Å²) in [5.41, 5.74) is 0.717. The summed E-state index contributed by atoms with van der Waals surface area (Å²) in [6, 6.07) is 10.1. The van der Waals surface area contributed by atoms with Crippen molar-refractivity contribution < 1.29 is 4.79 Å². The Balaban J connectivity index is 2.79. The van der Waals surface area contributed by atoms with Crippen molar-refractivity contribution in [1.29, 1.82) is 0 Å². The summed E-state index contributed by atoms with van der Waals surface area (Å²) >= 11 is 0. The lowest BCUT2D eigenvalue weighted by atomic mass is 9.75. The van der Waals surface area contributed by atoms with Gasteiger partial charge in [0.25, 0.3) is 0 Å². The molecule has 0 atom stereocenters. The van der Waals surface area contributed by atoms with E-state index in [1.165, 1.54) is 0 Å². The summed E-state index contributed by atoms with van der Waals surface area (Å²) < 4.78 is 0. The molecule has 19 heavy (non-hydrogen) atoms. The quantitative estimate of drug-likeness (QED) is 0.707. The van der Waals surface area contributed by atoms with Crippen LogP contribution < -0.4 is 10.6 Å². The Kier molecular flexibility index (Phi) is 6.57. The molecule has 0 saturated heterocycles. The van der Waals surface area contributed by atoms with Crippen molar-refractivity contribution in [3.8, 4) is 0 Å². The number of carbonyl (C=O) groups is 1. The van der Waals surface area contributed by atoms with E-state index >= 15 is 0 Å². The molecule has 1 amide bonds. The predicted octanol–water partition coefficient (Wildman–Crippen LogP) is 2.47. The molecule has 1 aromatic carbocycles. The molecular weight excluding hydrogens is 236 g/mol. The molecule has 0 aliphatic rings. The minimum atomic E-state index is -0.395. The number of likely N-dealkylation sites (N-methyl/N-ethyl adjacent to an activating group) is 1. The number of carbonyl (C=O) groups excluding carboxylic acids is 1. The first-order valence-electron chi connectivity index (χ1n) is 7.25. The smallest absolute Gasteiger partial charge is 0.230 e. The Morgan fingerprint density at radius 3 is 2.21 bits per heavy atom. The fourth-order valence-corrected chi connectivity index (χ4v) is 2.48. The van der Waals surface area contributed by atoms with Gasteiger partial charge in [0, 0.05) is 13.1 Å². The van der Waals surface area contributed by atoms with Crippen LogP contribution in [-0.2, 0) is 10.2 Å². The monoisotopic (exact) mass is 262 g/mol. The summed E-state index contributed by atoms with van der Waals surface area (Å²) in [5.74, 6) is 0.140. The van der Waals surface area contributed by atoms with Gasteiger partial charge in [-0.05, 0) is 24.9 Å². The van der Waals surface area contributed by atoms with E-state index in [2.05, 4.69) is 43.5 Å². The molecule has 0 heterocycles. The van der Waals surface area contributed by atoms with E-state index in [-0.39, 0.29) is 5.91 Å². The van der Waals surface area contributed by atoms with Crippen molar-refractivity contribution in [2.75, 3.05) is 19.6 Å². The maximum atomic E-state index is 12.6. The normalized spacial score (nSPS) is 11.3. The molecule has 0 aliphatic carbocycles. The molecule has 0 fully saturated rings. The SMILES string of the molecule is CCNCCNC(=O)C(CC)(CC)c1ccccc1. The van der Waals surface area contributed by atoms with Gasteiger partial charge in [-0.2, -0.15) is 0 Å². The fourth-order valence-electron chi connectivity index (χ4n) is 2.48. The van der Waals surface area contributed by atoms with Gasteiger partial charge in [0.2, 0.25) is 5.91 Å². The van der Waals surface area contributed by atoms with E-state index in [4.69, 9.17) is 0 Å². The van der Waals surface area contributed by atoms with Gasteiger partial charge in [-0.15, -0.1) is 0 Å². The molecule has 0 saturated carbocycles. The van der Waals surface area contributed by atoms with Gasteiger partial charge in [0.15, 0.2) is 0 Å². The third-order valence-corrected chi connectivity index (χ3v) is 3.81. The van der Waals surface area contributed by atoms with Gasteiger partial charge >= 0.3 is 0 Å². The topological polar surface area (TPSA) is 41.1 Å². The molecular formula is C16H26N2O. The summed E-state index contributed by atoms with van der Waals surface area (Å²) in [5, 5.41) is 6.27. The minimum absolute atomic E-state index is 0.140. The van der Waals surface area contributed by atoms with E-state index in [1.807, 2.05) is 18.2 Å². The number of nitrogens with one attached hydrogen (secondary N) is 2. The van der Waals surface area contributed by atoms with Crippen LogP contribution in [0.4, 0.5) is 0 Å². The highest BCUT2D eigenvalue weighted by molar-refractivity contribution is 5.88. The van der Waals surface area contributed by atoms with Gasteiger partial charge in [-0.3, -0.25) is 4.79 Å². The second kappa shape index (κ2) is 7.95. The van der Waals surface area contributed by atoms with Crippen molar-refractivity contribution in [3.05, 3.63) is 35.9 Å². The number of hydrogen-bond donors (Lipinski definition) is 2. The van der Waals surface area contributed by atoms with Crippen molar-refractivity contribution in [1.82, 2.24) is 10.6 Å². The van der Waals surface area contributed by atoms with Crippen LogP contribution in [0.1, 0.15) is 39.2 Å². The zero-order valence-electron chi connectivity index (χ0n) is 12.3. The Morgan fingerprint density at radius 2 is 1.68 bits per heavy atom. The summed E-state index contributed by atoms with van der Waals surface area (Å²) in [6.07, 6.45) is 1.64. The molecule has 2 N–H and O–H groups in total. The Bertz CT molecular complexity index is 372. The van der Waals surface area contributed by atoms with Crippen LogP contribution in [0.2, 0.25) is 0 Å². The first-order chi connectivity index (χ1) is 9.21. The van der Waals surface area contributed by atoms with Gasteiger partial charge < -0.3 is 10.6 Å². The molecule has 0 bridgehead atoms. The Morgan fingerprint density at radius 1 is 1.05 bits per heavy atom. The Hall–Kier alpha value is -1.35. The zero-order valence-corrected chi connectivity index (χ0v) is 12.3. The fraction of sp³-hybridized carbons (Fsp3) is 0.562. The van der Waals surface area contributed by atoms with Crippen molar-refractivity contribution in [3.63, 3.8) is 0 Å². The number of hydrogen-bond acceptors (Lipinski definition) is 2. The molecule has 0 spiro atoms. The van der Waals surface area contributed by atoms with Crippen LogP contribution >= 0.6 is 0 Å². The summed E-state index contributed by atoms with van der Waals surface area (Å²) in [7, 11) is 0. The standard InChI is InChI=1S/C16H26N2O/c1-4-16(5-2,14-10-8-7-9-11-14)15(19)18-13-12-17-6-3/h7-11,17H,4-6,12-13H2,1-3H3,(H,18,19). The van der Waals surface area contributed by atoms with E-state index in [0.29, 0.717) is 6.54 Å². The van der Waals surface area contributed by atoms with Crippen LogP contribution in [0.15, 0.2) is 30.3 Å². The second-order valence-electron chi connectivity index (χ2n) is 4.76. The average molecular weight is 262 g/mol. The van der Waals surface area contributed by atoms with Gasteiger partial charge in [0.1, 0.15) is 0 Å². The van der Waals surface area contributed by atoms with E-state index in [9.17, 15) is 4.79 Å². The van der Waals surface area contributed by atoms with Gasteiger partial charge in [-0.1, -0.05) is 51.1 Å². The molecule has 1 rings (SSSR count). The molecule has 106 valence electrons. The number of benzene rings is 1. The summed E-state index contributed by atoms with van der Waals surface area (Å²) in [4.78, 5) is 12.6. The predicted molar refractivity (Wildman–Crippen MR) is 80.3 cm³/mol. The molecule has 0 radical (unpaired) electrons. The van der Waals surface area contributed by atoms with Crippen LogP contribution in [0.25, 0.3) is 0 Å². The second-order valence-corrected chi connectivity index (χ2v) is 4.76. The van der Waals surface area contributed by atoms with E-state index in [0.717, 1.165) is 31.5 Å². The van der Waals surface area contributed by atoms with Crippen LogP contribution in [-0.4, -0.2) is 25.5 Å². The largest absolute Gasteiger partial charge is 0.354 e. The van der Waals surface area contributed by atoms with Gasteiger partial charge in [-0.25, -0.2) is 0 Å². The molecule has 3 nitrogen and oxygen atoms in total. The van der Waals surface area contributed by atoms with Crippen molar-refractivity contribution >= 4 is 5.91 Å². The highest BCUT2D eigenvalue weighted by Crippen LogP contribution is 2.31. The zero-order chi connectivity index (χ0) is 14.1. The number of rotatable bonds is 8. The van der Waals surface area contributed by atoms with Gasteiger partial charge in [0.05, 0.1) is 5.41 Å². The molecule has 1 aromatic rings. The third-order valence-electron chi connectivity index (χ3n) is 3.81. The molecule has 0 aliphatic heterocycles. The average Bonchev–Trinajstić information content (AvgIpc) is 2.47. The molecule has 0 unspecified atom stereocenters. The first-order valence-corrected chi connectivity index (χ1v) is 7.25. The van der Waals surface area contributed by atoms with E-state index < -0.39 is 5.41 Å². The van der Waals surface area contributed by atoms with E-state index in [1.54, 1.807) is 0 Å². The maximum Gasteiger partial charge on any atom is 0.230 e. The Labute approximate surface area is 116 Å². The van der Waals surface area contributed by atoms with Crippen LogP contribution in [0.3, 0.4) is 0 Å². The lowest BCUT2D eigenvalue weighted by Gasteiger charge is -2.31. The van der Waals surface area contributed by atoms with Crippen molar-refractivity contribution in [2.24, 2.45) is 0 Å². The minimum Gasteiger partial charge on any atom is -0.354 e. The highest BCUT2D eigenvalue weighted by atomic mass is 16.2. The van der Waals surface area contributed by atoms with Crippen LogP contribution in [0, 0.1) is 0 Å². The lowest BCUT2D eigenvalue weighted by molar-refractivity contribution is -0.127. The third kappa shape index (κ3) is 3.80. The number of amides is 1. The van der Waals surface area contributed by atoms with Crippen molar-refractivity contribution in [2.45, 2.75) is 39.0 Å². The lowest BCUT2D eigenvalue weighted by Crippen LogP contribution is -2.45. The first kappa shape index (κ1) is 15.7. The van der Waals surface area contributed by atoms with Crippen LogP contribution in [0.5, 0.6) is 0 Å². The highest BCUT2D eigenvalue weighted by Gasteiger charge is 2.36.